The lowest BCUT2D eigenvalue weighted by atomic mass is 10.0. The fourth-order valence-corrected chi connectivity index (χ4v) is 3.28. The molecule has 0 rings (SSSR count). The first-order valence-corrected chi connectivity index (χ1v) is 12.1. The minimum absolute atomic E-state index is 0.232. The summed E-state index contributed by atoms with van der Waals surface area (Å²) in [5.41, 5.74) is 10.9. The van der Waals surface area contributed by atoms with Gasteiger partial charge in [0.1, 0.15) is 18.1 Å². The van der Waals surface area contributed by atoms with E-state index in [2.05, 4.69) is 16.0 Å². The Bertz CT molecular complexity index is 748. The maximum absolute atomic E-state index is 12.9. The Morgan fingerprint density at radius 1 is 0.824 bits per heavy atom. The highest BCUT2D eigenvalue weighted by atomic mass is 32.2. The van der Waals surface area contributed by atoms with Gasteiger partial charge in [0.05, 0.1) is 6.04 Å². The zero-order valence-electron chi connectivity index (χ0n) is 19.5. The zero-order chi connectivity index (χ0) is 26.4. The first kappa shape index (κ1) is 31.1. The van der Waals surface area contributed by atoms with Gasteiger partial charge in [-0.1, -0.05) is 13.8 Å². The van der Waals surface area contributed by atoms with Gasteiger partial charge in [0.25, 0.3) is 0 Å². The molecule has 0 heterocycles. The number of rotatable bonds is 17. The van der Waals surface area contributed by atoms with E-state index in [1.54, 1.807) is 13.8 Å². The van der Waals surface area contributed by atoms with Gasteiger partial charge in [-0.25, -0.2) is 4.79 Å². The van der Waals surface area contributed by atoms with Crippen molar-refractivity contribution in [1.29, 1.82) is 0 Å². The predicted octanol–water partition coefficient (Wildman–Crippen LogP) is -1.61. The number of carbonyl (C=O) groups is 6. The Morgan fingerprint density at radius 3 is 1.76 bits per heavy atom. The van der Waals surface area contributed by atoms with Crippen LogP contribution < -0.4 is 27.4 Å². The highest BCUT2D eigenvalue weighted by molar-refractivity contribution is 7.98. The summed E-state index contributed by atoms with van der Waals surface area (Å²) < 4.78 is 0. The molecule has 0 saturated heterocycles. The van der Waals surface area contributed by atoms with Crippen LogP contribution in [0.4, 0.5) is 0 Å². The smallest absolute Gasteiger partial charge is 0.326 e. The van der Waals surface area contributed by atoms with E-state index >= 15 is 0 Å². The molecule has 0 aromatic carbocycles. The fraction of sp³-hybridized carbons (Fsp3) is 0.700. The molecule has 0 bridgehead atoms. The van der Waals surface area contributed by atoms with Crippen LogP contribution in [0.15, 0.2) is 0 Å². The maximum Gasteiger partial charge on any atom is 0.326 e. The summed E-state index contributed by atoms with van der Waals surface area (Å²) in [4.78, 5) is 71.6. The summed E-state index contributed by atoms with van der Waals surface area (Å²) in [6.07, 6.45) is 0.906. The van der Waals surface area contributed by atoms with Crippen LogP contribution in [-0.4, -0.2) is 82.0 Å². The Kier molecular flexibility index (Phi) is 14.5. The van der Waals surface area contributed by atoms with Gasteiger partial charge in [0.15, 0.2) is 0 Å². The number of aliphatic carboxylic acids is 2. The van der Waals surface area contributed by atoms with Crippen molar-refractivity contribution in [2.24, 2.45) is 17.4 Å². The molecular formula is C20H35N5O8S. The lowest BCUT2D eigenvalue weighted by Gasteiger charge is -2.25. The molecule has 0 aliphatic heterocycles. The molecule has 13 nitrogen and oxygen atoms in total. The summed E-state index contributed by atoms with van der Waals surface area (Å²) in [6, 6.07) is -4.86. The molecule has 194 valence electrons. The SMILES string of the molecule is CSCCC(N)C(=O)NC(CCC(=O)O)C(=O)NC(CCC(N)=O)C(=O)NC(C(=O)O)C(C)C. The van der Waals surface area contributed by atoms with Gasteiger partial charge in [-0.05, 0) is 37.2 Å². The number of nitrogens with two attached hydrogens (primary N) is 2. The average Bonchev–Trinajstić information content (AvgIpc) is 2.74. The summed E-state index contributed by atoms with van der Waals surface area (Å²) in [6.45, 7) is 3.15. The predicted molar refractivity (Wildman–Crippen MR) is 125 cm³/mol. The van der Waals surface area contributed by atoms with Crippen LogP contribution in [0.2, 0.25) is 0 Å². The van der Waals surface area contributed by atoms with Crippen molar-refractivity contribution in [2.45, 2.75) is 70.1 Å². The summed E-state index contributed by atoms with van der Waals surface area (Å²) >= 11 is 1.47. The van der Waals surface area contributed by atoms with Gasteiger partial charge < -0.3 is 37.6 Å². The summed E-state index contributed by atoms with van der Waals surface area (Å²) in [7, 11) is 0. The number of primary amides is 1. The molecule has 0 aromatic rings. The van der Waals surface area contributed by atoms with E-state index in [0.717, 1.165) is 0 Å². The van der Waals surface area contributed by atoms with E-state index in [0.29, 0.717) is 12.2 Å². The van der Waals surface area contributed by atoms with E-state index < -0.39 is 72.1 Å². The molecule has 9 N–H and O–H groups in total. The fourth-order valence-electron chi connectivity index (χ4n) is 2.79. The average molecular weight is 506 g/mol. The number of carbonyl (C=O) groups excluding carboxylic acids is 4. The quantitative estimate of drug-likeness (QED) is 0.119. The molecule has 4 atom stereocenters. The minimum atomic E-state index is -1.35. The second-order valence-electron chi connectivity index (χ2n) is 8.02. The number of hydrogen-bond donors (Lipinski definition) is 7. The van der Waals surface area contributed by atoms with Gasteiger partial charge in [-0.2, -0.15) is 11.8 Å². The van der Waals surface area contributed by atoms with Crippen LogP contribution in [0.25, 0.3) is 0 Å². The maximum atomic E-state index is 12.9. The van der Waals surface area contributed by atoms with Crippen LogP contribution in [0.3, 0.4) is 0 Å². The van der Waals surface area contributed by atoms with E-state index in [-0.39, 0.29) is 19.3 Å². The Morgan fingerprint density at radius 2 is 1.32 bits per heavy atom. The van der Waals surface area contributed by atoms with E-state index in [9.17, 15) is 33.9 Å². The Balaban J connectivity index is 5.58. The molecule has 4 amide bonds. The van der Waals surface area contributed by atoms with Crippen LogP contribution in [0, 0.1) is 5.92 Å². The molecule has 0 saturated carbocycles. The van der Waals surface area contributed by atoms with Crippen LogP contribution in [0.1, 0.15) is 46.0 Å². The number of hydrogen-bond acceptors (Lipinski definition) is 8. The molecular weight excluding hydrogens is 470 g/mol. The second-order valence-corrected chi connectivity index (χ2v) is 9.00. The number of nitrogens with one attached hydrogen (secondary N) is 3. The Labute approximate surface area is 202 Å². The van der Waals surface area contributed by atoms with Gasteiger partial charge in [0.2, 0.25) is 23.6 Å². The molecule has 0 radical (unpaired) electrons. The summed E-state index contributed by atoms with van der Waals surface area (Å²) in [5.74, 6) is -5.53. The van der Waals surface area contributed by atoms with Crippen molar-refractivity contribution in [3.63, 3.8) is 0 Å². The van der Waals surface area contributed by atoms with Crippen molar-refractivity contribution < 1.29 is 39.0 Å². The molecule has 0 aliphatic carbocycles. The number of amides is 4. The third-order valence-electron chi connectivity index (χ3n) is 4.79. The molecule has 4 unspecified atom stereocenters. The normalized spacial score (nSPS) is 14.4. The molecule has 0 spiro atoms. The van der Waals surface area contributed by atoms with Gasteiger partial charge in [-0.15, -0.1) is 0 Å². The van der Waals surface area contributed by atoms with Crippen molar-refractivity contribution >= 4 is 47.3 Å². The summed E-state index contributed by atoms with van der Waals surface area (Å²) in [5, 5.41) is 25.4. The lowest BCUT2D eigenvalue weighted by molar-refractivity contribution is -0.143. The monoisotopic (exact) mass is 505 g/mol. The number of carboxylic acids is 2. The topological polar surface area (TPSA) is 231 Å². The van der Waals surface area contributed by atoms with Gasteiger partial charge >= 0.3 is 11.9 Å². The lowest BCUT2D eigenvalue weighted by Crippen LogP contribution is -2.57. The van der Waals surface area contributed by atoms with E-state index in [1.807, 2.05) is 6.26 Å². The van der Waals surface area contributed by atoms with Crippen molar-refractivity contribution in [3.05, 3.63) is 0 Å². The molecule has 0 aromatic heterocycles. The highest BCUT2D eigenvalue weighted by Gasteiger charge is 2.31. The van der Waals surface area contributed by atoms with Crippen LogP contribution in [0.5, 0.6) is 0 Å². The first-order chi connectivity index (χ1) is 15.8. The molecule has 14 heteroatoms. The van der Waals surface area contributed by atoms with E-state index in [4.69, 9.17) is 16.6 Å². The van der Waals surface area contributed by atoms with Crippen molar-refractivity contribution in [3.8, 4) is 0 Å². The standard InChI is InChI=1S/C20H35N5O8S/c1-10(2)16(20(32)33)25-19(31)12(4-6-14(22)26)24-18(30)13(5-7-15(27)28)23-17(29)11(21)8-9-34-3/h10-13,16H,4-9,21H2,1-3H3,(H2,22,26)(H,23,29)(H,24,30)(H,25,31)(H,27,28)(H,32,33). The number of thioether (sulfide) groups is 1. The molecule has 0 fully saturated rings. The highest BCUT2D eigenvalue weighted by Crippen LogP contribution is 2.07. The van der Waals surface area contributed by atoms with Gasteiger partial charge in [-0.3, -0.25) is 24.0 Å². The van der Waals surface area contributed by atoms with E-state index in [1.165, 1.54) is 11.8 Å². The van der Waals surface area contributed by atoms with Crippen molar-refractivity contribution in [2.75, 3.05) is 12.0 Å². The third-order valence-corrected chi connectivity index (χ3v) is 5.44. The third kappa shape index (κ3) is 12.4. The van der Waals surface area contributed by atoms with Gasteiger partial charge in [0, 0.05) is 12.8 Å². The Hall–Kier alpha value is -2.87. The zero-order valence-corrected chi connectivity index (χ0v) is 20.4. The van der Waals surface area contributed by atoms with Crippen LogP contribution in [-0.2, 0) is 28.8 Å². The second kappa shape index (κ2) is 15.9. The largest absolute Gasteiger partial charge is 0.481 e. The molecule has 0 aliphatic rings. The first-order valence-electron chi connectivity index (χ1n) is 10.7. The van der Waals surface area contributed by atoms with Crippen LogP contribution >= 0.6 is 11.8 Å². The molecule has 34 heavy (non-hydrogen) atoms. The minimum Gasteiger partial charge on any atom is -0.481 e. The number of carboxylic acid groups (broad SMARTS) is 2. The van der Waals surface area contributed by atoms with Crippen molar-refractivity contribution in [1.82, 2.24) is 16.0 Å².